The number of carboxylic acid groups (broad SMARTS) is 1. The summed E-state index contributed by atoms with van der Waals surface area (Å²) in [4.78, 5) is 23.3. The van der Waals surface area contributed by atoms with E-state index in [1.807, 2.05) is 43.3 Å². The van der Waals surface area contributed by atoms with Crippen LogP contribution in [-0.4, -0.2) is 42.7 Å². The summed E-state index contributed by atoms with van der Waals surface area (Å²) in [5, 5.41) is 17.5. The van der Waals surface area contributed by atoms with E-state index in [1.165, 1.54) is 12.8 Å². The highest BCUT2D eigenvalue weighted by molar-refractivity contribution is 5.86. The van der Waals surface area contributed by atoms with Gasteiger partial charge in [-0.25, -0.2) is 4.79 Å². The molecule has 3 rings (SSSR count). The predicted molar refractivity (Wildman–Crippen MR) is 118 cm³/mol. The predicted octanol–water partition coefficient (Wildman–Crippen LogP) is 3.52. The van der Waals surface area contributed by atoms with E-state index in [2.05, 4.69) is 10.6 Å². The molecule has 0 radical (unpaired) electrons. The maximum Gasteiger partial charge on any atom is 0.326 e. The highest BCUT2D eigenvalue weighted by Gasteiger charge is 2.20. The van der Waals surface area contributed by atoms with Crippen molar-refractivity contribution >= 4 is 22.6 Å². The number of benzene rings is 2. The van der Waals surface area contributed by atoms with Crippen LogP contribution in [0.3, 0.4) is 0 Å². The lowest BCUT2D eigenvalue weighted by atomic mass is 9.95. The molecule has 1 heterocycles. The van der Waals surface area contributed by atoms with Crippen LogP contribution in [0.2, 0.25) is 0 Å². The van der Waals surface area contributed by atoms with Gasteiger partial charge in [0.1, 0.15) is 11.8 Å². The number of carboxylic acids is 1. The second-order valence-electron chi connectivity index (χ2n) is 8.09. The van der Waals surface area contributed by atoms with Gasteiger partial charge in [-0.15, -0.1) is 0 Å². The van der Waals surface area contributed by atoms with E-state index in [0.717, 1.165) is 54.1 Å². The van der Waals surface area contributed by atoms with E-state index >= 15 is 0 Å². The first kappa shape index (κ1) is 22.1. The van der Waals surface area contributed by atoms with Crippen molar-refractivity contribution in [3.63, 3.8) is 0 Å². The van der Waals surface area contributed by atoms with Crippen LogP contribution in [0.5, 0.6) is 5.75 Å². The van der Waals surface area contributed by atoms with E-state index in [1.54, 1.807) is 0 Å². The van der Waals surface area contributed by atoms with E-state index in [4.69, 9.17) is 4.74 Å². The Hall–Kier alpha value is -2.60. The van der Waals surface area contributed by atoms with Crippen LogP contribution >= 0.6 is 0 Å². The van der Waals surface area contributed by atoms with Crippen LogP contribution < -0.4 is 15.4 Å². The molecule has 0 saturated carbocycles. The van der Waals surface area contributed by atoms with Gasteiger partial charge < -0.3 is 20.5 Å². The van der Waals surface area contributed by atoms with Crippen LogP contribution in [0.4, 0.5) is 0 Å². The number of rotatable bonds is 10. The molecule has 3 N–H and O–H groups in total. The lowest BCUT2D eigenvalue weighted by molar-refractivity contribution is -0.141. The monoisotopic (exact) mass is 412 g/mol. The van der Waals surface area contributed by atoms with Crippen molar-refractivity contribution < 1.29 is 19.4 Å². The molecule has 30 heavy (non-hydrogen) atoms. The Morgan fingerprint density at radius 2 is 1.90 bits per heavy atom. The number of hydrogen-bond donors (Lipinski definition) is 3. The zero-order chi connectivity index (χ0) is 21.3. The normalized spacial score (nSPS) is 15.6. The van der Waals surface area contributed by atoms with Crippen LogP contribution in [-0.2, 0) is 16.0 Å². The molecule has 1 aliphatic rings. The molecule has 1 fully saturated rings. The lowest BCUT2D eigenvalue weighted by Gasteiger charge is -2.22. The molecule has 1 unspecified atom stereocenters. The van der Waals surface area contributed by atoms with Gasteiger partial charge in [0.2, 0.25) is 5.91 Å². The third-order valence-electron chi connectivity index (χ3n) is 5.68. The van der Waals surface area contributed by atoms with Gasteiger partial charge in [-0.2, -0.15) is 0 Å². The van der Waals surface area contributed by atoms with Crippen molar-refractivity contribution in [3.05, 3.63) is 42.0 Å². The van der Waals surface area contributed by atoms with Crippen molar-refractivity contribution in [2.45, 2.75) is 51.5 Å². The third-order valence-corrected chi connectivity index (χ3v) is 5.68. The number of carbonyl (C=O) groups is 2. The largest absolute Gasteiger partial charge is 0.494 e. The zero-order valence-electron chi connectivity index (χ0n) is 17.7. The fourth-order valence-electron chi connectivity index (χ4n) is 3.93. The number of nitrogens with one attached hydrogen (secondary N) is 2. The van der Waals surface area contributed by atoms with Crippen molar-refractivity contribution in [2.75, 3.05) is 19.7 Å². The van der Waals surface area contributed by atoms with E-state index in [0.29, 0.717) is 12.8 Å². The lowest BCUT2D eigenvalue weighted by Crippen LogP contribution is -2.42. The summed E-state index contributed by atoms with van der Waals surface area (Å²) < 4.78 is 5.96. The molecule has 1 saturated heterocycles. The van der Waals surface area contributed by atoms with Crippen molar-refractivity contribution in [2.24, 2.45) is 5.92 Å². The Kier molecular flexibility index (Phi) is 8.08. The summed E-state index contributed by atoms with van der Waals surface area (Å²) in [7, 11) is 0. The minimum atomic E-state index is -1.02. The van der Waals surface area contributed by atoms with E-state index in [9.17, 15) is 14.7 Å². The Bertz CT molecular complexity index is 861. The summed E-state index contributed by atoms with van der Waals surface area (Å²) in [6.45, 7) is 4.83. The Balaban J connectivity index is 1.59. The van der Waals surface area contributed by atoms with Gasteiger partial charge in [0.25, 0.3) is 0 Å². The third kappa shape index (κ3) is 6.46. The molecule has 6 nitrogen and oxygen atoms in total. The van der Waals surface area contributed by atoms with Crippen LogP contribution in [0.1, 0.15) is 44.6 Å². The fraction of sp³-hybridized carbons (Fsp3) is 0.500. The molecule has 0 bridgehead atoms. The van der Waals surface area contributed by atoms with E-state index in [-0.39, 0.29) is 12.3 Å². The molecule has 0 aliphatic carbocycles. The van der Waals surface area contributed by atoms with Crippen molar-refractivity contribution in [1.29, 1.82) is 0 Å². The fourth-order valence-corrected chi connectivity index (χ4v) is 3.93. The van der Waals surface area contributed by atoms with Crippen LogP contribution in [0, 0.1) is 5.92 Å². The summed E-state index contributed by atoms with van der Waals surface area (Å²) in [6, 6.07) is 11.0. The Labute approximate surface area is 178 Å². The molecular formula is C24H32N2O4. The quantitative estimate of drug-likeness (QED) is 0.556. The minimum absolute atomic E-state index is 0.225. The maximum atomic E-state index is 11.8. The summed E-state index contributed by atoms with van der Waals surface area (Å²) in [5.74, 6) is 0.364. The number of aliphatic carboxylic acids is 1. The number of piperidine rings is 1. The molecule has 1 atom stereocenters. The number of hydrogen-bond acceptors (Lipinski definition) is 4. The van der Waals surface area contributed by atoms with E-state index < -0.39 is 12.0 Å². The van der Waals surface area contributed by atoms with Crippen LogP contribution in [0.25, 0.3) is 10.8 Å². The topological polar surface area (TPSA) is 87.7 Å². The Morgan fingerprint density at radius 1 is 1.17 bits per heavy atom. The second-order valence-corrected chi connectivity index (χ2v) is 8.09. The first-order valence-corrected chi connectivity index (χ1v) is 10.9. The molecule has 2 aromatic carbocycles. The van der Waals surface area contributed by atoms with Gasteiger partial charge in [-0.1, -0.05) is 31.2 Å². The van der Waals surface area contributed by atoms with Crippen molar-refractivity contribution in [1.82, 2.24) is 10.6 Å². The highest BCUT2D eigenvalue weighted by atomic mass is 16.5. The SMILES string of the molecule is CCCC(=O)NC(Cc1ccc2cc(OCCC3CCNCC3)ccc2c1)C(=O)O. The van der Waals surface area contributed by atoms with Gasteiger partial charge in [0.15, 0.2) is 0 Å². The van der Waals surface area contributed by atoms with Gasteiger partial charge in [-0.3, -0.25) is 4.79 Å². The molecule has 0 spiro atoms. The number of amides is 1. The first-order chi connectivity index (χ1) is 14.5. The first-order valence-electron chi connectivity index (χ1n) is 10.9. The number of ether oxygens (including phenoxy) is 1. The molecule has 1 aliphatic heterocycles. The highest BCUT2D eigenvalue weighted by Crippen LogP contribution is 2.24. The smallest absolute Gasteiger partial charge is 0.326 e. The summed E-state index contributed by atoms with van der Waals surface area (Å²) >= 11 is 0. The average Bonchev–Trinajstić information content (AvgIpc) is 2.74. The molecule has 1 amide bonds. The Morgan fingerprint density at radius 3 is 2.63 bits per heavy atom. The standard InChI is InChI=1S/C24H32N2O4/c1-2-3-23(27)26-22(24(28)29)15-18-4-5-20-16-21(7-6-19(20)14-18)30-13-10-17-8-11-25-12-9-17/h4-7,14,16-17,22,25H,2-3,8-13,15H2,1H3,(H,26,27)(H,28,29). The molecule has 0 aromatic heterocycles. The van der Waals surface area contributed by atoms with Gasteiger partial charge in [0.05, 0.1) is 6.61 Å². The number of fused-ring (bicyclic) bond motifs is 1. The summed E-state index contributed by atoms with van der Waals surface area (Å²) in [6.07, 6.45) is 4.81. The summed E-state index contributed by atoms with van der Waals surface area (Å²) in [5.41, 5.74) is 0.881. The average molecular weight is 413 g/mol. The molecular weight excluding hydrogens is 380 g/mol. The van der Waals surface area contributed by atoms with Crippen molar-refractivity contribution in [3.8, 4) is 5.75 Å². The molecule has 6 heteroatoms. The second kappa shape index (κ2) is 11.0. The zero-order valence-corrected chi connectivity index (χ0v) is 17.7. The van der Waals surface area contributed by atoms with Gasteiger partial charge >= 0.3 is 5.97 Å². The maximum absolute atomic E-state index is 11.8. The molecule has 2 aromatic rings. The number of carbonyl (C=O) groups excluding carboxylic acids is 1. The van der Waals surface area contributed by atoms with Gasteiger partial charge in [0, 0.05) is 12.8 Å². The minimum Gasteiger partial charge on any atom is -0.494 e. The van der Waals surface area contributed by atoms with Crippen LogP contribution in [0.15, 0.2) is 36.4 Å². The molecule has 162 valence electrons. The van der Waals surface area contributed by atoms with Gasteiger partial charge in [-0.05, 0) is 73.2 Å².